The fourth-order valence-electron chi connectivity index (χ4n) is 2.44. The van der Waals surface area contributed by atoms with Crippen LogP contribution in [-0.2, 0) is 10.0 Å². The van der Waals surface area contributed by atoms with Gasteiger partial charge in [-0.1, -0.05) is 20.3 Å². The maximum absolute atomic E-state index is 12.6. The molecule has 4 nitrogen and oxygen atoms in total. The number of sulfonamides is 1. The number of hydrogen-bond acceptors (Lipinski definition) is 3. The molecule has 20 heavy (non-hydrogen) atoms. The van der Waals surface area contributed by atoms with E-state index >= 15 is 0 Å². The van der Waals surface area contributed by atoms with Gasteiger partial charge in [0, 0.05) is 23.2 Å². The Labute approximate surface area is 129 Å². The van der Waals surface area contributed by atoms with E-state index in [1.165, 1.54) is 0 Å². The van der Waals surface area contributed by atoms with Gasteiger partial charge in [-0.3, -0.25) is 0 Å². The van der Waals surface area contributed by atoms with E-state index in [-0.39, 0.29) is 5.41 Å². The van der Waals surface area contributed by atoms with Crippen LogP contribution in [0.1, 0.15) is 33.1 Å². The Morgan fingerprint density at radius 2 is 1.95 bits per heavy atom. The Morgan fingerprint density at radius 1 is 1.35 bits per heavy atom. The molecule has 0 saturated carbocycles. The predicted molar refractivity (Wildman–Crippen MR) is 84.9 cm³/mol. The summed E-state index contributed by atoms with van der Waals surface area (Å²) in [7, 11) is -3.41. The van der Waals surface area contributed by atoms with Gasteiger partial charge in [0.25, 0.3) is 0 Å². The molecule has 0 bridgehead atoms. The highest BCUT2D eigenvalue weighted by atomic mass is 79.9. The van der Waals surface area contributed by atoms with E-state index < -0.39 is 10.0 Å². The number of benzene rings is 1. The Morgan fingerprint density at radius 3 is 2.45 bits per heavy atom. The quantitative estimate of drug-likeness (QED) is 0.841. The first-order valence-corrected chi connectivity index (χ1v) is 9.07. The molecule has 2 N–H and O–H groups in total. The third-order valence-corrected chi connectivity index (χ3v) is 6.97. The van der Waals surface area contributed by atoms with Gasteiger partial charge in [-0.05, 0) is 52.4 Å². The molecular weight excluding hydrogens is 340 g/mol. The summed E-state index contributed by atoms with van der Waals surface area (Å²) in [6.07, 6.45) is 2.92. The molecule has 1 aromatic carbocycles. The van der Waals surface area contributed by atoms with Crippen LogP contribution in [0, 0.1) is 5.41 Å². The second-order valence-corrected chi connectivity index (χ2v) is 8.54. The maximum atomic E-state index is 12.6. The van der Waals surface area contributed by atoms with Crippen LogP contribution in [0.3, 0.4) is 0 Å². The molecule has 0 amide bonds. The molecule has 0 spiro atoms. The number of nitrogens with zero attached hydrogens (tertiary/aromatic N) is 1. The van der Waals surface area contributed by atoms with Crippen LogP contribution in [0.25, 0.3) is 0 Å². The zero-order valence-corrected chi connectivity index (χ0v) is 14.3. The molecule has 0 unspecified atom stereocenters. The summed E-state index contributed by atoms with van der Waals surface area (Å²) in [4.78, 5) is 0.304. The van der Waals surface area contributed by atoms with E-state index in [0.717, 1.165) is 19.3 Å². The van der Waals surface area contributed by atoms with E-state index in [1.54, 1.807) is 22.5 Å². The van der Waals surface area contributed by atoms with Crippen LogP contribution in [0.15, 0.2) is 27.6 Å². The summed E-state index contributed by atoms with van der Waals surface area (Å²) in [6, 6.07) is 4.78. The molecule has 112 valence electrons. The second kappa shape index (κ2) is 5.66. The molecule has 1 saturated heterocycles. The lowest BCUT2D eigenvalue weighted by molar-refractivity contribution is 0.169. The molecule has 1 fully saturated rings. The molecule has 0 aliphatic carbocycles. The van der Waals surface area contributed by atoms with Gasteiger partial charge >= 0.3 is 0 Å². The van der Waals surface area contributed by atoms with Crippen molar-refractivity contribution >= 4 is 31.6 Å². The lowest BCUT2D eigenvalue weighted by Gasteiger charge is -2.38. The van der Waals surface area contributed by atoms with Crippen molar-refractivity contribution in [2.75, 3.05) is 18.8 Å². The largest absolute Gasteiger partial charge is 0.398 e. The molecule has 1 aliphatic heterocycles. The summed E-state index contributed by atoms with van der Waals surface area (Å²) in [5.74, 6) is 0. The predicted octanol–water partition coefficient (Wildman–Crippen LogP) is 3.23. The van der Waals surface area contributed by atoms with Crippen molar-refractivity contribution in [3.05, 3.63) is 22.7 Å². The smallest absolute Gasteiger partial charge is 0.243 e. The summed E-state index contributed by atoms with van der Waals surface area (Å²) >= 11 is 3.28. The molecule has 1 aromatic rings. The maximum Gasteiger partial charge on any atom is 0.243 e. The molecule has 2 rings (SSSR count). The number of halogens is 1. The Bertz CT molecular complexity index is 593. The average Bonchev–Trinajstić information content (AvgIpc) is 2.42. The van der Waals surface area contributed by atoms with Crippen molar-refractivity contribution < 1.29 is 8.42 Å². The topological polar surface area (TPSA) is 63.4 Å². The van der Waals surface area contributed by atoms with Gasteiger partial charge in [-0.25, -0.2) is 8.42 Å². The SMILES string of the molecule is CCC1(C)CCN(S(=O)(=O)c2ccc(N)c(Br)c2)CC1. The van der Waals surface area contributed by atoms with E-state index in [0.29, 0.717) is 28.1 Å². The fraction of sp³-hybridized carbons (Fsp3) is 0.571. The highest BCUT2D eigenvalue weighted by molar-refractivity contribution is 9.10. The van der Waals surface area contributed by atoms with Gasteiger partial charge < -0.3 is 5.73 Å². The number of rotatable bonds is 3. The van der Waals surface area contributed by atoms with Crippen molar-refractivity contribution in [1.82, 2.24) is 4.31 Å². The second-order valence-electron chi connectivity index (χ2n) is 5.75. The minimum Gasteiger partial charge on any atom is -0.398 e. The Balaban J connectivity index is 2.22. The standard InChI is InChI=1S/C14H21BrN2O2S/c1-3-14(2)6-8-17(9-7-14)20(18,19)11-4-5-13(16)12(15)10-11/h4-5,10H,3,6-9,16H2,1-2H3. The molecule has 1 aliphatic rings. The Hall–Kier alpha value is -0.590. The van der Waals surface area contributed by atoms with Gasteiger partial charge in [-0.2, -0.15) is 4.31 Å². The highest BCUT2D eigenvalue weighted by Crippen LogP contribution is 2.36. The fourth-order valence-corrected chi connectivity index (χ4v) is 4.44. The van der Waals surface area contributed by atoms with Crippen LogP contribution in [-0.4, -0.2) is 25.8 Å². The third-order valence-electron chi connectivity index (χ3n) is 4.39. The number of piperidine rings is 1. The first-order valence-electron chi connectivity index (χ1n) is 6.84. The summed E-state index contributed by atoms with van der Waals surface area (Å²) in [5.41, 5.74) is 6.52. The van der Waals surface area contributed by atoms with Crippen molar-refractivity contribution in [3.63, 3.8) is 0 Å². The van der Waals surface area contributed by atoms with Gasteiger partial charge in [0.15, 0.2) is 0 Å². The minimum atomic E-state index is -3.41. The van der Waals surface area contributed by atoms with Gasteiger partial charge in [0.2, 0.25) is 10.0 Å². The van der Waals surface area contributed by atoms with E-state index in [1.807, 2.05) is 0 Å². The lowest BCUT2D eigenvalue weighted by atomic mass is 9.79. The van der Waals surface area contributed by atoms with E-state index in [2.05, 4.69) is 29.8 Å². The van der Waals surface area contributed by atoms with Gasteiger partial charge in [0.1, 0.15) is 0 Å². The molecule has 0 aromatic heterocycles. The summed E-state index contributed by atoms with van der Waals surface area (Å²) in [6.45, 7) is 5.58. The number of anilines is 1. The zero-order valence-electron chi connectivity index (χ0n) is 11.9. The first kappa shape index (κ1) is 15.8. The summed E-state index contributed by atoms with van der Waals surface area (Å²) < 4.78 is 27.4. The number of hydrogen-bond donors (Lipinski definition) is 1. The highest BCUT2D eigenvalue weighted by Gasteiger charge is 2.34. The lowest BCUT2D eigenvalue weighted by Crippen LogP contribution is -2.41. The van der Waals surface area contributed by atoms with Crippen LogP contribution in [0.4, 0.5) is 5.69 Å². The van der Waals surface area contributed by atoms with Crippen molar-refractivity contribution in [1.29, 1.82) is 0 Å². The van der Waals surface area contributed by atoms with E-state index in [4.69, 9.17) is 5.73 Å². The molecular formula is C14H21BrN2O2S. The normalized spacial score (nSPS) is 19.9. The van der Waals surface area contributed by atoms with E-state index in [9.17, 15) is 8.42 Å². The molecule has 0 radical (unpaired) electrons. The number of nitrogen functional groups attached to an aromatic ring is 1. The van der Waals surface area contributed by atoms with Crippen molar-refractivity contribution in [3.8, 4) is 0 Å². The zero-order chi connectivity index (χ0) is 15.0. The molecule has 1 heterocycles. The van der Waals surface area contributed by atoms with Crippen molar-refractivity contribution in [2.24, 2.45) is 5.41 Å². The van der Waals surface area contributed by atoms with Crippen LogP contribution >= 0.6 is 15.9 Å². The van der Waals surface area contributed by atoms with Gasteiger partial charge in [0.05, 0.1) is 4.90 Å². The molecule has 6 heteroatoms. The third kappa shape index (κ3) is 3.02. The average molecular weight is 361 g/mol. The first-order chi connectivity index (χ1) is 9.28. The van der Waals surface area contributed by atoms with Gasteiger partial charge in [-0.15, -0.1) is 0 Å². The molecule has 0 atom stereocenters. The van der Waals surface area contributed by atoms with Crippen LogP contribution in [0.5, 0.6) is 0 Å². The minimum absolute atomic E-state index is 0.272. The van der Waals surface area contributed by atoms with Crippen molar-refractivity contribution in [2.45, 2.75) is 38.0 Å². The Kier molecular flexibility index (Phi) is 4.47. The summed E-state index contributed by atoms with van der Waals surface area (Å²) in [5, 5.41) is 0. The number of nitrogens with two attached hydrogens (primary N) is 1. The monoisotopic (exact) mass is 360 g/mol. The van der Waals surface area contributed by atoms with Crippen LogP contribution < -0.4 is 5.73 Å². The van der Waals surface area contributed by atoms with Crippen LogP contribution in [0.2, 0.25) is 0 Å².